The lowest BCUT2D eigenvalue weighted by Crippen LogP contribution is -2.19. The van der Waals surface area contributed by atoms with Crippen LogP contribution in [0.2, 0.25) is 5.02 Å². The fourth-order valence-electron chi connectivity index (χ4n) is 1.31. The predicted octanol–water partition coefficient (Wildman–Crippen LogP) is 2.95. The Labute approximate surface area is 105 Å². The van der Waals surface area contributed by atoms with Crippen molar-refractivity contribution in [2.75, 3.05) is 0 Å². The minimum Gasteiger partial charge on any atom is -0.507 e. The summed E-state index contributed by atoms with van der Waals surface area (Å²) >= 11 is 5.75. The summed E-state index contributed by atoms with van der Waals surface area (Å²) in [6.07, 6.45) is 1.79. The average molecular weight is 255 g/mol. The van der Waals surface area contributed by atoms with Gasteiger partial charge in [-0.1, -0.05) is 24.9 Å². The van der Waals surface area contributed by atoms with E-state index in [1.807, 2.05) is 13.8 Å². The molecule has 0 aliphatic carbocycles. The first-order valence-corrected chi connectivity index (χ1v) is 5.74. The maximum absolute atomic E-state index is 11.7. The summed E-state index contributed by atoms with van der Waals surface area (Å²) in [6.45, 7) is 3.87. The normalized spacial score (nSPS) is 11.4. The van der Waals surface area contributed by atoms with Crippen molar-refractivity contribution in [2.24, 2.45) is 5.10 Å². The highest BCUT2D eigenvalue weighted by Gasteiger charge is 2.10. The molecule has 4 nitrogen and oxygen atoms in total. The third-order valence-corrected chi connectivity index (χ3v) is 2.40. The summed E-state index contributed by atoms with van der Waals surface area (Å²) in [4.78, 5) is 11.7. The number of halogens is 1. The van der Waals surface area contributed by atoms with Crippen LogP contribution in [0.1, 0.15) is 37.0 Å². The number of nitrogens with zero attached hydrogens (tertiary/aromatic N) is 1. The second-order valence-corrected chi connectivity index (χ2v) is 4.14. The van der Waals surface area contributed by atoms with Gasteiger partial charge in [0.1, 0.15) is 5.75 Å². The summed E-state index contributed by atoms with van der Waals surface area (Å²) in [7, 11) is 0. The number of amides is 1. The molecule has 0 aliphatic rings. The molecule has 2 N–H and O–H groups in total. The van der Waals surface area contributed by atoms with E-state index in [0.717, 1.165) is 18.6 Å². The second-order valence-electron chi connectivity index (χ2n) is 3.70. The molecular formula is C12H15ClN2O2. The summed E-state index contributed by atoms with van der Waals surface area (Å²) in [6, 6.07) is 4.29. The van der Waals surface area contributed by atoms with E-state index in [4.69, 9.17) is 11.6 Å². The maximum atomic E-state index is 11.7. The second kappa shape index (κ2) is 6.25. The predicted molar refractivity (Wildman–Crippen MR) is 68.6 cm³/mol. The highest BCUT2D eigenvalue weighted by molar-refractivity contribution is 6.31. The van der Waals surface area contributed by atoms with E-state index < -0.39 is 5.91 Å². The molecule has 0 heterocycles. The first-order valence-electron chi connectivity index (χ1n) is 5.36. The van der Waals surface area contributed by atoms with Crippen LogP contribution in [0.15, 0.2) is 23.3 Å². The molecule has 0 atom stereocenters. The van der Waals surface area contributed by atoms with E-state index in [1.54, 1.807) is 0 Å². The molecule has 5 heteroatoms. The lowest BCUT2D eigenvalue weighted by Gasteiger charge is -2.04. The van der Waals surface area contributed by atoms with Crippen molar-refractivity contribution >= 4 is 23.2 Å². The molecule has 0 aliphatic heterocycles. The Bertz CT molecular complexity index is 444. The van der Waals surface area contributed by atoms with Crippen molar-refractivity contribution in [3.05, 3.63) is 28.8 Å². The van der Waals surface area contributed by atoms with Crippen LogP contribution in [-0.2, 0) is 0 Å². The number of hydrogen-bond acceptors (Lipinski definition) is 3. The van der Waals surface area contributed by atoms with Crippen LogP contribution in [0, 0.1) is 0 Å². The molecule has 0 fully saturated rings. The standard InChI is InChI=1S/C12H15ClN2O2/c1-3-4-8(2)14-15-12(17)10-7-9(13)5-6-11(10)16/h5-7,16H,3-4H2,1-2H3,(H,15,17)/b14-8+. The number of rotatable bonds is 4. The Morgan fingerprint density at radius 1 is 1.53 bits per heavy atom. The zero-order chi connectivity index (χ0) is 12.8. The van der Waals surface area contributed by atoms with Gasteiger partial charge in [-0.05, 0) is 31.5 Å². The molecule has 0 saturated carbocycles. The molecule has 0 aromatic heterocycles. The topological polar surface area (TPSA) is 61.7 Å². The smallest absolute Gasteiger partial charge is 0.275 e. The lowest BCUT2D eigenvalue weighted by atomic mass is 10.2. The van der Waals surface area contributed by atoms with Gasteiger partial charge in [-0.3, -0.25) is 4.79 Å². The molecule has 1 aromatic rings. The molecule has 92 valence electrons. The zero-order valence-corrected chi connectivity index (χ0v) is 10.6. The van der Waals surface area contributed by atoms with Crippen LogP contribution in [0.5, 0.6) is 5.75 Å². The average Bonchev–Trinajstić information content (AvgIpc) is 2.29. The van der Waals surface area contributed by atoms with Crippen molar-refractivity contribution in [2.45, 2.75) is 26.7 Å². The highest BCUT2D eigenvalue weighted by Crippen LogP contribution is 2.21. The number of phenolic OH excluding ortho intramolecular Hbond substituents is 1. The van der Waals surface area contributed by atoms with Gasteiger partial charge in [0.25, 0.3) is 5.91 Å². The van der Waals surface area contributed by atoms with E-state index >= 15 is 0 Å². The van der Waals surface area contributed by atoms with E-state index in [0.29, 0.717) is 5.02 Å². The number of carbonyl (C=O) groups excluding carboxylic acids is 1. The van der Waals surface area contributed by atoms with Gasteiger partial charge in [-0.2, -0.15) is 5.10 Å². The van der Waals surface area contributed by atoms with Crippen molar-refractivity contribution < 1.29 is 9.90 Å². The Hall–Kier alpha value is -1.55. The zero-order valence-electron chi connectivity index (χ0n) is 9.83. The van der Waals surface area contributed by atoms with Crippen molar-refractivity contribution in [3.63, 3.8) is 0 Å². The third-order valence-electron chi connectivity index (χ3n) is 2.16. The molecule has 0 radical (unpaired) electrons. The fraction of sp³-hybridized carbons (Fsp3) is 0.333. The van der Waals surface area contributed by atoms with Crippen molar-refractivity contribution in [1.29, 1.82) is 0 Å². The van der Waals surface area contributed by atoms with E-state index in [9.17, 15) is 9.90 Å². The largest absolute Gasteiger partial charge is 0.507 e. The molecule has 1 rings (SSSR count). The van der Waals surface area contributed by atoms with Gasteiger partial charge in [0.2, 0.25) is 0 Å². The number of hydrogen-bond donors (Lipinski definition) is 2. The van der Waals surface area contributed by atoms with Crippen molar-refractivity contribution in [3.8, 4) is 5.75 Å². The molecule has 0 saturated heterocycles. The third kappa shape index (κ3) is 4.07. The van der Waals surface area contributed by atoms with E-state index in [1.165, 1.54) is 18.2 Å². The minimum absolute atomic E-state index is 0.116. The van der Waals surface area contributed by atoms with Gasteiger partial charge in [0, 0.05) is 10.7 Å². The van der Waals surface area contributed by atoms with Crippen molar-refractivity contribution in [1.82, 2.24) is 5.43 Å². The van der Waals surface area contributed by atoms with Crippen LogP contribution >= 0.6 is 11.6 Å². The Morgan fingerprint density at radius 2 is 2.24 bits per heavy atom. The van der Waals surface area contributed by atoms with Gasteiger partial charge in [-0.15, -0.1) is 0 Å². The lowest BCUT2D eigenvalue weighted by molar-refractivity contribution is 0.0952. The van der Waals surface area contributed by atoms with Gasteiger partial charge in [0.05, 0.1) is 5.56 Å². The molecule has 1 aromatic carbocycles. The Balaban J connectivity index is 2.76. The number of aromatic hydroxyl groups is 1. The summed E-state index contributed by atoms with van der Waals surface area (Å²) < 4.78 is 0. The van der Waals surface area contributed by atoms with E-state index in [2.05, 4.69) is 10.5 Å². The van der Waals surface area contributed by atoms with Gasteiger partial charge >= 0.3 is 0 Å². The number of phenols is 1. The summed E-state index contributed by atoms with van der Waals surface area (Å²) in [5.41, 5.74) is 3.33. The fourth-order valence-corrected chi connectivity index (χ4v) is 1.49. The number of carbonyl (C=O) groups is 1. The van der Waals surface area contributed by atoms with Crippen LogP contribution in [0.3, 0.4) is 0 Å². The number of hydrazone groups is 1. The van der Waals surface area contributed by atoms with Gasteiger partial charge < -0.3 is 5.11 Å². The van der Waals surface area contributed by atoms with Crippen LogP contribution in [0.25, 0.3) is 0 Å². The molecule has 1 amide bonds. The first kappa shape index (κ1) is 13.5. The van der Waals surface area contributed by atoms with Crippen LogP contribution < -0.4 is 5.43 Å². The van der Waals surface area contributed by atoms with Crippen LogP contribution in [0.4, 0.5) is 0 Å². The molecular weight excluding hydrogens is 240 g/mol. The highest BCUT2D eigenvalue weighted by atomic mass is 35.5. The monoisotopic (exact) mass is 254 g/mol. The minimum atomic E-state index is -0.472. The quantitative estimate of drug-likeness (QED) is 0.641. The maximum Gasteiger partial charge on any atom is 0.275 e. The SMILES string of the molecule is CCC/C(C)=N/NC(=O)c1cc(Cl)ccc1O. The summed E-state index contributed by atoms with van der Waals surface area (Å²) in [5.74, 6) is -0.587. The molecule has 0 bridgehead atoms. The molecule has 0 spiro atoms. The van der Waals surface area contributed by atoms with Gasteiger partial charge in [-0.25, -0.2) is 5.43 Å². The molecule has 17 heavy (non-hydrogen) atoms. The Kier molecular flexibility index (Phi) is 4.97. The van der Waals surface area contributed by atoms with E-state index in [-0.39, 0.29) is 11.3 Å². The van der Waals surface area contributed by atoms with Crippen LogP contribution in [-0.4, -0.2) is 16.7 Å². The first-order chi connectivity index (χ1) is 8.04. The Morgan fingerprint density at radius 3 is 2.88 bits per heavy atom. The number of nitrogens with one attached hydrogen (secondary N) is 1. The van der Waals surface area contributed by atoms with Gasteiger partial charge in [0.15, 0.2) is 0 Å². The molecule has 0 unspecified atom stereocenters. The summed E-state index contributed by atoms with van der Waals surface area (Å²) in [5, 5.41) is 13.8. The number of benzene rings is 1.